The first-order valence-electron chi connectivity index (χ1n) is 6.44. The lowest BCUT2D eigenvalue weighted by atomic mass is 9.86. The van der Waals surface area contributed by atoms with Crippen molar-refractivity contribution in [3.8, 4) is 11.9 Å². The van der Waals surface area contributed by atoms with E-state index in [9.17, 15) is 5.26 Å². The van der Waals surface area contributed by atoms with Crippen LogP contribution in [0.5, 0.6) is 5.88 Å². The van der Waals surface area contributed by atoms with Gasteiger partial charge in [0.05, 0.1) is 15.8 Å². The van der Waals surface area contributed by atoms with Crippen LogP contribution in [0.2, 0.25) is 4.34 Å². The number of nitrogens with zero attached hydrogens (tertiary/aromatic N) is 2. The van der Waals surface area contributed by atoms with Crippen molar-refractivity contribution in [3.05, 3.63) is 44.1 Å². The maximum absolute atomic E-state index is 9.47. The summed E-state index contributed by atoms with van der Waals surface area (Å²) in [5, 5.41) is 16.6. The lowest BCUT2D eigenvalue weighted by molar-refractivity contribution is 0.379. The quantitative estimate of drug-likeness (QED) is 0.886. The van der Waals surface area contributed by atoms with Crippen molar-refractivity contribution in [1.82, 2.24) is 10.2 Å². The van der Waals surface area contributed by atoms with Crippen LogP contribution in [0, 0.1) is 11.3 Å². The first kappa shape index (κ1) is 14.0. The van der Waals surface area contributed by atoms with Crippen molar-refractivity contribution < 1.29 is 4.74 Å². The van der Waals surface area contributed by atoms with E-state index in [1.54, 1.807) is 0 Å². The topological polar surface area (TPSA) is 87.7 Å². The van der Waals surface area contributed by atoms with E-state index in [0.717, 1.165) is 16.1 Å². The monoisotopic (exact) mass is 320 g/mol. The van der Waals surface area contributed by atoms with Crippen LogP contribution in [0.25, 0.3) is 0 Å². The van der Waals surface area contributed by atoms with Crippen LogP contribution < -0.4 is 10.5 Å². The second-order valence-electron chi connectivity index (χ2n) is 5.08. The van der Waals surface area contributed by atoms with E-state index in [-0.39, 0.29) is 17.7 Å². The Morgan fingerprint density at radius 3 is 2.86 bits per heavy atom. The molecule has 0 fully saturated rings. The van der Waals surface area contributed by atoms with E-state index < -0.39 is 0 Å². The lowest BCUT2D eigenvalue weighted by Gasteiger charge is -2.23. The number of ether oxygens (including phenoxy) is 1. The number of nitrogens with one attached hydrogen (secondary N) is 1. The highest BCUT2D eigenvalue weighted by Gasteiger charge is 2.36. The standard InChI is InChI=1S/C14H13ClN4OS/c1-6(2)12-11-10(8-3-4-9(15)21-8)7(5-16)13(17)20-14(11)19-18-12/h3-4,6,10H,17H2,1-2H3,(H,18,19). The Morgan fingerprint density at radius 2 is 2.29 bits per heavy atom. The third kappa shape index (κ3) is 2.19. The van der Waals surface area contributed by atoms with Crippen molar-refractivity contribution in [2.45, 2.75) is 25.7 Å². The van der Waals surface area contributed by atoms with Crippen molar-refractivity contribution in [3.63, 3.8) is 0 Å². The smallest absolute Gasteiger partial charge is 0.244 e. The second kappa shape index (κ2) is 5.10. The number of aromatic nitrogens is 2. The van der Waals surface area contributed by atoms with Crippen LogP contribution in [0.3, 0.4) is 0 Å². The number of rotatable bonds is 2. The fourth-order valence-electron chi connectivity index (χ4n) is 2.48. The molecule has 108 valence electrons. The van der Waals surface area contributed by atoms with E-state index in [4.69, 9.17) is 22.1 Å². The van der Waals surface area contributed by atoms with Crippen molar-refractivity contribution in [2.24, 2.45) is 5.73 Å². The highest BCUT2D eigenvalue weighted by atomic mass is 35.5. The Kier molecular flexibility index (Phi) is 3.40. The molecular formula is C14H13ClN4OS. The summed E-state index contributed by atoms with van der Waals surface area (Å²) in [6.07, 6.45) is 0. The minimum absolute atomic E-state index is 0.0985. The van der Waals surface area contributed by atoms with Gasteiger partial charge in [0.2, 0.25) is 11.8 Å². The van der Waals surface area contributed by atoms with Gasteiger partial charge in [-0.1, -0.05) is 25.4 Å². The number of halogens is 1. The molecule has 0 saturated heterocycles. The Balaban J connectivity index is 2.24. The Bertz CT molecular complexity index is 768. The molecule has 0 aliphatic carbocycles. The van der Waals surface area contributed by atoms with Crippen LogP contribution in [0.1, 0.15) is 41.8 Å². The third-order valence-electron chi connectivity index (χ3n) is 3.42. The van der Waals surface area contributed by atoms with E-state index in [2.05, 4.69) is 30.1 Å². The van der Waals surface area contributed by atoms with Gasteiger partial charge >= 0.3 is 0 Å². The average Bonchev–Trinajstić information content (AvgIpc) is 3.03. The van der Waals surface area contributed by atoms with E-state index in [0.29, 0.717) is 15.8 Å². The Labute approximate surface area is 131 Å². The largest absolute Gasteiger partial charge is 0.420 e. The molecule has 3 heterocycles. The normalized spacial score (nSPS) is 17.6. The Hall–Kier alpha value is -1.97. The zero-order chi connectivity index (χ0) is 15.1. The molecule has 0 amide bonds. The fraction of sp³-hybridized carbons (Fsp3) is 0.286. The first-order valence-corrected chi connectivity index (χ1v) is 7.63. The number of nitrogens with two attached hydrogens (primary N) is 1. The van der Waals surface area contributed by atoms with Crippen LogP contribution in [0.15, 0.2) is 23.6 Å². The number of nitriles is 1. The van der Waals surface area contributed by atoms with E-state index in [1.807, 2.05) is 12.1 Å². The number of thiophene rings is 1. The molecule has 0 bridgehead atoms. The summed E-state index contributed by atoms with van der Waals surface area (Å²) in [6.45, 7) is 4.11. The van der Waals surface area contributed by atoms with Gasteiger partial charge in [-0.2, -0.15) is 5.26 Å². The Morgan fingerprint density at radius 1 is 1.52 bits per heavy atom. The molecule has 3 rings (SSSR count). The molecule has 2 aromatic rings. The molecule has 1 atom stereocenters. The van der Waals surface area contributed by atoms with Crippen molar-refractivity contribution in [1.29, 1.82) is 5.26 Å². The minimum Gasteiger partial charge on any atom is -0.420 e. The highest BCUT2D eigenvalue weighted by molar-refractivity contribution is 7.16. The summed E-state index contributed by atoms with van der Waals surface area (Å²) >= 11 is 7.47. The maximum Gasteiger partial charge on any atom is 0.244 e. The number of allylic oxidation sites excluding steroid dienone is 1. The van der Waals surface area contributed by atoms with E-state index >= 15 is 0 Å². The molecule has 0 radical (unpaired) electrons. The van der Waals surface area contributed by atoms with Gasteiger partial charge in [0.1, 0.15) is 11.6 Å². The van der Waals surface area contributed by atoms with Gasteiger partial charge in [-0.25, -0.2) is 0 Å². The fourth-order valence-corrected chi connectivity index (χ4v) is 3.66. The molecule has 3 N–H and O–H groups in total. The molecule has 0 aromatic carbocycles. The summed E-state index contributed by atoms with van der Waals surface area (Å²) < 4.78 is 6.16. The van der Waals surface area contributed by atoms with E-state index in [1.165, 1.54) is 11.3 Å². The first-order chi connectivity index (χ1) is 10.0. The second-order valence-corrected chi connectivity index (χ2v) is 6.82. The molecule has 7 heteroatoms. The summed E-state index contributed by atoms with van der Waals surface area (Å²) in [4.78, 5) is 0.951. The molecule has 2 aromatic heterocycles. The van der Waals surface area contributed by atoms with Gasteiger partial charge in [0.25, 0.3) is 0 Å². The van der Waals surface area contributed by atoms with Gasteiger partial charge < -0.3 is 10.5 Å². The predicted octanol–water partition coefficient (Wildman–Crippen LogP) is 3.47. The number of fused-ring (bicyclic) bond motifs is 1. The van der Waals surface area contributed by atoms with Gasteiger partial charge in [0, 0.05) is 10.6 Å². The average molecular weight is 321 g/mol. The molecule has 0 saturated carbocycles. The maximum atomic E-state index is 9.47. The summed E-state index contributed by atoms with van der Waals surface area (Å²) in [6, 6.07) is 5.89. The molecule has 0 spiro atoms. The zero-order valence-corrected chi connectivity index (χ0v) is 13.0. The van der Waals surface area contributed by atoms with Gasteiger partial charge in [-0.3, -0.25) is 5.10 Å². The predicted molar refractivity (Wildman–Crippen MR) is 81.3 cm³/mol. The minimum atomic E-state index is -0.285. The van der Waals surface area contributed by atoms with Gasteiger partial charge in [0.15, 0.2) is 0 Å². The number of aromatic amines is 1. The molecule has 1 aliphatic heterocycles. The lowest BCUT2D eigenvalue weighted by Crippen LogP contribution is -2.21. The number of hydrogen-bond acceptors (Lipinski definition) is 5. The molecule has 21 heavy (non-hydrogen) atoms. The number of H-pyrrole nitrogens is 1. The third-order valence-corrected chi connectivity index (χ3v) is 4.72. The van der Waals surface area contributed by atoms with Crippen LogP contribution in [-0.4, -0.2) is 10.2 Å². The van der Waals surface area contributed by atoms with Gasteiger partial charge in [-0.15, -0.1) is 16.4 Å². The molecular weight excluding hydrogens is 308 g/mol. The van der Waals surface area contributed by atoms with Crippen molar-refractivity contribution >= 4 is 22.9 Å². The number of hydrogen-bond donors (Lipinski definition) is 2. The van der Waals surface area contributed by atoms with Crippen LogP contribution in [0.4, 0.5) is 0 Å². The highest BCUT2D eigenvalue weighted by Crippen LogP contribution is 2.46. The summed E-state index contributed by atoms with van der Waals surface area (Å²) in [5.74, 6) is 0.473. The van der Waals surface area contributed by atoms with Gasteiger partial charge in [-0.05, 0) is 18.1 Å². The SMILES string of the molecule is CC(C)c1[nH]nc2c1C(c1ccc(Cl)s1)C(C#N)=C(N)O2. The zero-order valence-electron chi connectivity index (χ0n) is 11.5. The molecule has 1 aliphatic rings. The summed E-state index contributed by atoms with van der Waals surface area (Å²) in [7, 11) is 0. The van der Waals surface area contributed by atoms with Crippen LogP contribution in [-0.2, 0) is 0 Å². The van der Waals surface area contributed by atoms with Crippen LogP contribution >= 0.6 is 22.9 Å². The molecule has 5 nitrogen and oxygen atoms in total. The van der Waals surface area contributed by atoms with Crippen molar-refractivity contribution in [2.75, 3.05) is 0 Å². The summed E-state index contributed by atoms with van der Waals surface area (Å²) in [5.41, 5.74) is 8.08. The molecule has 1 unspecified atom stereocenters.